The van der Waals surface area contributed by atoms with Gasteiger partial charge in [-0.3, -0.25) is 0 Å². The molecule has 14 heavy (non-hydrogen) atoms. The molecule has 0 amide bonds. The van der Waals surface area contributed by atoms with Gasteiger partial charge in [0.25, 0.3) is 0 Å². The van der Waals surface area contributed by atoms with Crippen LogP contribution in [-0.4, -0.2) is 7.11 Å². The zero-order valence-corrected chi connectivity index (χ0v) is 8.79. The van der Waals surface area contributed by atoms with Gasteiger partial charge in [-0.2, -0.15) is 0 Å². The van der Waals surface area contributed by atoms with E-state index in [-0.39, 0.29) is 5.54 Å². The van der Waals surface area contributed by atoms with E-state index in [9.17, 15) is 0 Å². The van der Waals surface area contributed by atoms with E-state index in [0.29, 0.717) is 5.92 Å². The predicted molar refractivity (Wildman–Crippen MR) is 57.3 cm³/mol. The molecule has 0 saturated heterocycles. The van der Waals surface area contributed by atoms with Crippen LogP contribution in [-0.2, 0) is 5.54 Å². The van der Waals surface area contributed by atoms with Gasteiger partial charge in [0, 0.05) is 11.1 Å². The zero-order chi connectivity index (χ0) is 10.2. The quantitative estimate of drug-likeness (QED) is 0.795. The van der Waals surface area contributed by atoms with Crippen molar-refractivity contribution in [3.05, 3.63) is 29.8 Å². The van der Waals surface area contributed by atoms with Gasteiger partial charge in [0.05, 0.1) is 7.11 Å². The lowest BCUT2D eigenvalue weighted by atomic mass is 9.87. The fraction of sp³-hybridized carbons (Fsp3) is 0.500. The van der Waals surface area contributed by atoms with Gasteiger partial charge < -0.3 is 10.5 Å². The minimum Gasteiger partial charge on any atom is -0.496 e. The summed E-state index contributed by atoms with van der Waals surface area (Å²) in [6, 6.07) is 8.04. The van der Waals surface area contributed by atoms with Crippen LogP contribution in [0.15, 0.2) is 24.3 Å². The van der Waals surface area contributed by atoms with Crippen molar-refractivity contribution in [1.29, 1.82) is 0 Å². The summed E-state index contributed by atoms with van der Waals surface area (Å²) in [5.41, 5.74) is 7.24. The van der Waals surface area contributed by atoms with Crippen molar-refractivity contribution >= 4 is 0 Å². The smallest absolute Gasteiger partial charge is 0.123 e. The summed E-state index contributed by atoms with van der Waals surface area (Å²) in [4.78, 5) is 0. The van der Waals surface area contributed by atoms with Crippen LogP contribution in [0.5, 0.6) is 5.75 Å². The molecular weight excluding hydrogens is 174 g/mol. The molecule has 0 aromatic heterocycles. The first-order valence-corrected chi connectivity index (χ1v) is 5.08. The molecule has 1 atom stereocenters. The van der Waals surface area contributed by atoms with Gasteiger partial charge in [0.1, 0.15) is 5.75 Å². The summed E-state index contributed by atoms with van der Waals surface area (Å²) in [5.74, 6) is 1.53. The van der Waals surface area contributed by atoms with Crippen LogP contribution in [0.3, 0.4) is 0 Å². The third-order valence-corrected chi connectivity index (χ3v) is 3.11. The molecule has 2 rings (SSSR count). The second kappa shape index (κ2) is 3.28. The predicted octanol–water partition coefficient (Wildman–Crippen LogP) is 2.28. The molecule has 0 spiro atoms. The summed E-state index contributed by atoms with van der Waals surface area (Å²) in [5, 5.41) is 0. The zero-order valence-electron chi connectivity index (χ0n) is 8.79. The number of nitrogens with two attached hydrogens (primary N) is 1. The Hall–Kier alpha value is -1.02. The average Bonchev–Trinajstić information content (AvgIpc) is 3.01. The topological polar surface area (TPSA) is 35.2 Å². The largest absolute Gasteiger partial charge is 0.496 e. The molecule has 0 aliphatic heterocycles. The monoisotopic (exact) mass is 191 g/mol. The van der Waals surface area contributed by atoms with E-state index in [1.54, 1.807) is 7.11 Å². The number of rotatable bonds is 3. The lowest BCUT2D eigenvalue weighted by Crippen LogP contribution is -2.35. The number of methoxy groups -OCH3 is 1. The fourth-order valence-electron chi connectivity index (χ4n) is 1.99. The highest BCUT2D eigenvalue weighted by Crippen LogP contribution is 2.46. The Morgan fingerprint density at radius 3 is 2.57 bits per heavy atom. The summed E-state index contributed by atoms with van der Waals surface area (Å²) in [6.45, 7) is 2.10. The molecule has 1 fully saturated rings. The molecule has 0 bridgehead atoms. The van der Waals surface area contributed by atoms with Gasteiger partial charge in [-0.25, -0.2) is 0 Å². The normalized spacial score (nSPS) is 20.2. The Kier molecular flexibility index (Phi) is 2.23. The van der Waals surface area contributed by atoms with Crippen LogP contribution in [0.1, 0.15) is 25.3 Å². The Balaban J connectivity index is 2.38. The standard InChI is InChI=1S/C12H17NO/c1-12(13,9-7-8-9)10-5-3-4-6-11(10)14-2/h3-6,9H,7-8,13H2,1-2H3. The van der Waals surface area contributed by atoms with Crippen molar-refractivity contribution in [2.75, 3.05) is 7.11 Å². The summed E-state index contributed by atoms with van der Waals surface area (Å²) in [7, 11) is 1.70. The molecule has 0 heterocycles. The molecule has 1 aliphatic carbocycles. The van der Waals surface area contributed by atoms with Gasteiger partial charge in [-0.15, -0.1) is 0 Å². The number of para-hydroxylation sites is 1. The summed E-state index contributed by atoms with van der Waals surface area (Å²) >= 11 is 0. The molecule has 1 unspecified atom stereocenters. The van der Waals surface area contributed by atoms with E-state index >= 15 is 0 Å². The SMILES string of the molecule is COc1ccccc1C(C)(N)C1CC1. The van der Waals surface area contributed by atoms with Gasteiger partial charge in [0.15, 0.2) is 0 Å². The summed E-state index contributed by atoms with van der Waals surface area (Å²) in [6.07, 6.45) is 2.48. The van der Waals surface area contributed by atoms with Crippen LogP contribution >= 0.6 is 0 Å². The minimum atomic E-state index is -0.230. The molecule has 2 heteroatoms. The minimum absolute atomic E-state index is 0.230. The number of hydrogen-bond acceptors (Lipinski definition) is 2. The third kappa shape index (κ3) is 1.50. The van der Waals surface area contributed by atoms with E-state index in [1.807, 2.05) is 18.2 Å². The first-order chi connectivity index (χ1) is 6.66. The highest BCUT2D eigenvalue weighted by Gasteiger charge is 2.41. The van der Waals surface area contributed by atoms with Crippen molar-refractivity contribution in [2.45, 2.75) is 25.3 Å². The maximum atomic E-state index is 6.34. The van der Waals surface area contributed by atoms with Crippen molar-refractivity contribution in [3.8, 4) is 5.75 Å². The van der Waals surface area contributed by atoms with E-state index in [2.05, 4.69) is 13.0 Å². The lowest BCUT2D eigenvalue weighted by molar-refractivity contribution is 0.368. The van der Waals surface area contributed by atoms with Gasteiger partial charge >= 0.3 is 0 Å². The lowest BCUT2D eigenvalue weighted by Gasteiger charge is -2.26. The molecule has 2 nitrogen and oxygen atoms in total. The molecule has 1 saturated carbocycles. The molecule has 2 N–H and O–H groups in total. The van der Waals surface area contributed by atoms with Crippen LogP contribution in [0.2, 0.25) is 0 Å². The van der Waals surface area contributed by atoms with Gasteiger partial charge in [0.2, 0.25) is 0 Å². The Morgan fingerprint density at radius 1 is 1.36 bits per heavy atom. The van der Waals surface area contributed by atoms with E-state index in [4.69, 9.17) is 10.5 Å². The van der Waals surface area contributed by atoms with Crippen molar-refractivity contribution in [1.82, 2.24) is 0 Å². The average molecular weight is 191 g/mol. The highest BCUT2D eigenvalue weighted by molar-refractivity contribution is 5.39. The van der Waals surface area contributed by atoms with E-state index in [0.717, 1.165) is 11.3 Å². The maximum absolute atomic E-state index is 6.34. The molecule has 76 valence electrons. The molecule has 1 aromatic carbocycles. The second-order valence-electron chi connectivity index (χ2n) is 4.26. The molecule has 0 radical (unpaired) electrons. The first kappa shape index (κ1) is 9.53. The van der Waals surface area contributed by atoms with Gasteiger partial charge in [-0.05, 0) is 31.7 Å². The van der Waals surface area contributed by atoms with Crippen molar-refractivity contribution in [3.63, 3.8) is 0 Å². The van der Waals surface area contributed by atoms with Crippen molar-refractivity contribution < 1.29 is 4.74 Å². The van der Waals surface area contributed by atoms with Crippen LogP contribution in [0.25, 0.3) is 0 Å². The highest BCUT2D eigenvalue weighted by atomic mass is 16.5. The number of benzene rings is 1. The van der Waals surface area contributed by atoms with E-state index in [1.165, 1.54) is 12.8 Å². The Morgan fingerprint density at radius 2 is 2.00 bits per heavy atom. The Labute approximate surface area is 85.1 Å². The fourth-order valence-corrected chi connectivity index (χ4v) is 1.99. The molecule has 1 aromatic rings. The van der Waals surface area contributed by atoms with Crippen LogP contribution in [0, 0.1) is 5.92 Å². The number of ether oxygens (including phenoxy) is 1. The number of hydrogen-bond donors (Lipinski definition) is 1. The second-order valence-corrected chi connectivity index (χ2v) is 4.26. The Bertz CT molecular complexity index is 329. The van der Waals surface area contributed by atoms with Crippen LogP contribution < -0.4 is 10.5 Å². The summed E-state index contributed by atoms with van der Waals surface area (Å²) < 4.78 is 5.33. The van der Waals surface area contributed by atoms with E-state index < -0.39 is 0 Å². The first-order valence-electron chi connectivity index (χ1n) is 5.08. The van der Waals surface area contributed by atoms with Gasteiger partial charge in [-0.1, -0.05) is 18.2 Å². The molecular formula is C12H17NO. The maximum Gasteiger partial charge on any atom is 0.123 e. The van der Waals surface area contributed by atoms with Crippen molar-refractivity contribution in [2.24, 2.45) is 11.7 Å². The van der Waals surface area contributed by atoms with Crippen LogP contribution in [0.4, 0.5) is 0 Å². The molecule has 1 aliphatic rings. The third-order valence-electron chi connectivity index (χ3n) is 3.11.